The molecule has 1 atom stereocenters. The number of nitrogens with one attached hydrogen (secondary N) is 3. The summed E-state index contributed by atoms with van der Waals surface area (Å²) in [6.45, 7) is 4.91. The molecule has 3 aromatic rings. The van der Waals surface area contributed by atoms with Gasteiger partial charge in [0.05, 0.1) is 30.2 Å². The molecule has 0 bridgehead atoms. The summed E-state index contributed by atoms with van der Waals surface area (Å²) in [5, 5.41) is 20.1. The molecule has 12 heteroatoms. The normalized spacial score (nSPS) is 16.6. The number of rotatable bonds is 10. The summed E-state index contributed by atoms with van der Waals surface area (Å²) in [4.78, 5) is 41.2. The van der Waals surface area contributed by atoms with Crippen LogP contribution in [0.4, 0.5) is 11.5 Å². The van der Waals surface area contributed by atoms with Crippen LogP contribution in [0, 0.1) is 16.7 Å². The van der Waals surface area contributed by atoms with Gasteiger partial charge in [0.25, 0.3) is 0 Å². The van der Waals surface area contributed by atoms with Gasteiger partial charge in [-0.05, 0) is 61.7 Å². The monoisotopic (exact) mass is 653 g/mol. The van der Waals surface area contributed by atoms with Crippen LogP contribution < -0.4 is 16.0 Å². The van der Waals surface area contributed by atoms with Gasteiger partial charge in [-0.25, -0.2) is 9.98 Å². The standard InChI is InChI=1S/C35H40ClN9O2/c1-3-45(30-13-12-29(37)33(42-30)32(38)25-8-10-28(36)11-9-25)35(47)27-14-17-43(20-27)21-31(46)44-18-15-24(16-19-44)23-4-6-26(7-5-23)34(39)41-22-40-2/h4-13,15,22,27,38H,3,14,16-21,37H2,1-2H3,(H2,39,40,41)/t27-/m1/s1. The van der Waals surface area contributed by atoms with Gasteiger partial charge < -0.3 is 16.0 Å². The van der Waals surface area contributed by atoms with E-state index in [4.69, 9.17) is 28.2 Å². The lowest BCUT2D eigenvalue weighted by atomic mass is 9.98. The molecule has 2 aliphatic rings. The van der Waals surface area contributed by atoms with Gasteiger partial charge in [-0.3, -0.25) is 30.2 Å². The lowest BCUT2D eigenvalue weighted by Crippen LogP contribution is -2.42. The second-order valence-electron chi connectivity index (χ2n) is 11.6. The van der Waals surface area contributed by atoms with Crippen molar-refractivity contribution in [3.63, 3.8) is 0 Å². The highest BCUT2D eigenvalue weighted by atomic mass is 35.5. The number of benzene rings is 2. The van der Waals surface area contributed by atoms with Crippen LogP contribution in [0.25, 0.3) is 5.57 Å². The largest absolute Gasteiger partial charge is 0.397 e. The van der Waals surface area contributed by atoms with Crippen LogP contribution in [0.3, 0.4) is 0 Å². The van der Waals surface area contributed by atoms with Crippen molar-refractivity contribution in [2.45, 2.75) is 19.8 Å². The number of pyridine rings is 1. The molecular weight excluding hydrogens is 614 g/mol. The van der Waals surface area contributed by atoms with E-state index in [1.54, 1.807) is 48.3 Å². The predicted molar refractivity (Wildman–Crippen MR) is 189 cm³/mol. The van der Waals surface area contributed by atoms with Gasteiger partial charge in [-0.2, -0.15) is 0 Å². The molecule has 1 saturated heterocycles. The Balaban J connectivity index is 1.16. The second kappa shape index (κ2) is 15.1. The molecule has 0 unspecified atom stereocenters. The number of nitrogen functional groups attached to an aromatic ring is 1. The quantitative estimate of drug-likeness (QED) is 0.189. The molecular formula is C35H40ClN9O2. The molecule has 1 aromatic heterocycles. The lowest BCUT2D eigenvalue weighted by Gasteiger charge is -2.29. The van der Waals surface area contributed by atoms with E-state index in [0.29, 0.717) is 66.9 Å². The summed E-state index contributed by atoms with van der Waals surface area (Å²) < 4.78 is 0. The van der Waals surface area contributed by atoms with Crippen molar-refractivity contribution in [1.82, 2.24) is 20.1 Å². The van der Waals surface area contributed by atoms with Crippen LogP contribution in [-0.4, -0.2) is 90.8 Å². The van der Waals surface area contributed by atoms with Gasteiger partial charge in [0.1, 0.15) is 11.5 Å². The van der Waals surface area contributed by atoms with E-state index in [-0.39, 0.29) is 35.8 Å². The zero-order chi connectivity index (χ0) is 33.5. The number of aromatic nitrogens is 1. The van der Waals surface area contributed by atoms with Crippen molar-refractivity contribution in [3.05, 3.63) is 94.1 Å². The van der Waals surface area contributed by atoms with Gasteiger partial charge in [0.2, 0.25) is 11.8 Å². The number of carbonyl (C=O) groups is 2. The Hall–Kier alpha value is -4.87. The minimum absolute atomic E-state index is 0.0516. The number of likely N-dealkylation sites (tertiary alicyclic amines) is 1. The third-order valence-corrected chi connectivity index (χ3v) is 8.79. The Kier molecular flexibility index (Phi) is 10.8. The number of halogens is 1. The average molecular weight is 654 g/mol. The van der Waals surface area contributed by atoms with Crippen molar-refractivity contribution in [2.75, 3.05) is 56.9 Å². The minimum Gasteiger partial charge on any atom is -0.397 e. The topological polar surface area (TPSA) is 155 Å². The average Bonchev–Trinajstić information content (AvgIpc) is 3.56. The summed E-state index contributed by atoms with van der Waals surface area (Å²) in [6, 6.07) is 18.1. The van der Waals surface area contributed by atoms with Crippen LogP contribution >= 0.6 is 11.6 Å². The van der Waals surface area contributed by atoms with Crippen LogP contribution in [0.15, 0.2) is 71.7 Å². The predicted octanol–water partition coefficient (Wildman–Crippen LogP) is 4.30. The van der Waals surface area contributed by atoms with Gasteiger partial charge in [0, 0.05) is 49.4 Å². The number of hydrogen-bond donors (Lipinski definition) is 4. The fourth-order valence-electron chi connectivity index (χ4n) is 5.89. The van der Waals surface area contributed by atoms with E-state index in [9.17, 15) is 9.59 Å². The molecule has 11 nitrogen and oxygen atoms in total. The molecule has 2 amide bonds. The number of amidine groups is 1. The Morgan fingerprint density at radius 3 is 2.47 bits per heavy atom. The SMILES string of the molecule is CCN(C(=O)[C@@H]1CCN(CC(=O)N2CC=C(c3ccc(C(=N)/N=C\NC)cc3)CC2)C1)c1ccc(N)c(C(=N)c2ccc(Cl)cc2)n1. The molecule has 244 valence electrons. The summed E-state index contributed by atoms with van der Waals surface area (Å²) in [6.07, 6.45) is 4.98. The van der Waals surface area contributed by atoms with Crippen LogP contribution in [-0.2, 0) is 9.59 Å². The molecule has 2 aliphatic heterocycles. The molecule has 0 saturated carbocycles. The molecule has 47 heavy (non-hydrogen) atoms. The number of nitrogens with zero attached hydrogens (tertiary/aromatic N) is 5. The number of aliphatic imine (C=N–C) groups is 1. The van der Waals surface area contributed by atoms with Gasteiger partial charge >= 0.3 is 0 Å². The highest BCUT2D eigenvalue weighted by Crippen LogP contribution is 2.26. The van der Waals surface area contributed by atoms with Gasteiger partial charge in [-0.15, -0.1) is 0 Å². The van der Waals surface area contributed by atoms with E-state index < -0.39 is 0 Å². The number of carbonyl (C=O) groups excluding carboxylic acids is 2. The minimum atomic E-state index is -0.262. The smallest absolute Gasteiger partial charge is 0.237 e. The first-order valence-electron chi connectivity index (χ1n) is 15.7. The molecule has 2 aromatic carbocycles. The number of hydrogen-bond acceptors (Lipinski definition) is 7. The highest BCUT2D eigenvalue weighted by Gasteiger charge is 2.34. The maximum absolute atomic E-state index is 13.7. The maximum Gasteiger partial charge on any atom is 0.237 e. The van der Waals surface area contributed by atoms with E-state index in [1.165, 1.54) is 11.9 Å². The molecule has 3 heterocycles. The van der Waals surface area contributed by atoms with E-state index in [2.05, 4.69) is 26.3 Å². The van der Waals surface area contributed by atoms with Crippen molar-refractivity contribution >= 4 is 58.4 Å². The Labute approximate surface area is 280 Å². The third-order valence-electron chi connectivity index (χ3n) is 8.53. The summed E-state index contributed by atoms with van der Waals surface area (Å²) in [7, 11) is 1.74. The first-order valence-corrected chi connectivity index (χ1v) is 16.1. The number of amides is 2. The molecule has 5 rings (SSSR count). The Bertz CT molecular complexity index is 1700. The molecule has 1 fully saturated rings. The lowest BCUT2D eigenvalue weighted by molar-refractivity contribution is -0.132. The Morgan fingerprint density at radius 2 is 1.81 bits per heavy atom. The summed E-state index contributed by atoms with van der Waals surface area (Å²) in [5.74, 6) is 0.376. The van der Waals surface area contributed by atoms with Crippen molar-refractivity contribution in [3.8, 4) is 0 Å². The third kappa shape index (κ3) is 7.93. The number of anilines is 2. The van der Waals surface area contributed by atoms with Crippen LogP contribution in [0.1, 0.15) is 42.1 Å². The number of nitrogens with two attached hydrogens (primary N) is 1. The zero-order valence-electron chi connectivity index (χ0n) is 26.7. The Morgan fingerprint density at radius 1 is 1.09 bits per heavy atom. The molecule has 0 aliphatic carbocycles. The molecule has 0 spiro atoms. The zero-order valence-corrected chi connectivity index (χ0v) is 27.4. The van der Waals surface area contributed by atoms with Gasteiger partial charge in [-0.1, -0.05) is 54.1 Å². The van der Waals surface area contributed by atoms with Gasteiger partial charge in [0.15, 0.2) is 5.84 Å². The first-order chi connectivity index (χ1) is 22.7. The highest BCUT2D eigenvalue weighted by molar-refractivity contribution is 6.30. The van der Waals surface area contributed by atoms with Crippen molar-refractivity contribution in [1.29, 1.82) is 10.8 Å². The first kappa shape index (κ1) is 33.5. The summed E-state index contributed by atoms with van der Waals surface area (Å²) >= 11 is 6.01. The fourth-order valence-corrected chi connectivity index (χ4v) is 6.01. The fraction of sp³-hybridized carbons (Fsp3) is 0.314. The molecule has 0 radical (unpaired) electrons. The van der Waals surface area contributed by atoms with E-state index in [1.807, 2.05) is 36.1 Å². The maximum atomic E-state index is 13.7. The van der Waals surface area contributed by atoms with Crippen molar-refractivity contribution < 1.29 is 9.59 Å². The van der Waals surface area contributed by atoms with E-state index in [0.717, 1.165) is 17.5 Å². The van der Waals surface area contributed by atoms with Crippen molar-refractivity contribution in [2.24, 2.45) is 10.9 Å². The molecule has 5 N–H and O–H groups in total. The van der Waals surface area contributed by atoms with Crippen LogP contribution in [0.5, 0.6) is 0 Å². The van der Waals surface area contributed by atoms with Crippen LogP contribution in [0.2, 0.25) is 5.02 Å². The van der Waals surface area contributed by atoms with E-state index >= 15 is 0 Å². The second-order valence-corrected chi connectivity index (χ2v) is 12.0. The summed E-state index contributed by atoms with van der Waals surface area (Å²) in [5.41, 5.74) is 10.6.